The molecule has 0 atom stereocenters. The van der Waals surface area contributed by atoms with Gasteiger partial charge >= 0.3 is 0 Å². The van der Waals surface area contributed by atoms with Crippen LogP contribution in [0.2, 0.25) is 0 Å². The second kappa shape index (κ2) is 7.52. The molecule has 0 unspecified atom stereocenters. The molecule has 0 bridgehead atoms. The molecule has 0 aliphatic heterocycles. The van der Waals surface area contributed by atoms with Crippen LogP contribution in [0.15, 0.2) is 48.5 Å². The van der Waals surface area contributed by atoms with Crippen molar-refractivity contribution in [2.45, 2.75) is 6.92 Å². The number of carbonyl (C=O) groups excluding carboxylic acids is 1. The number of nitro groups is 1. The second-order valence-electron chi connectivity index (χ2n) is 5.79. The number of aryl methyl sites for hydroxylation is 1. The molecule has 0 heterocycles. The number of amides is 1. The summed E-state index contributed by atoms with van der Waals surface area (Å²) in [5, 5.41) is 11.0. The highest BCUT2D eigenvalue weighted by Gasteiger charge is 2.26. The first-order valence-electron chi connectivity index (χ1n) is 7.65. The van der Waals surface area contributed by atoms with Gasteiger partial charge in [0, 0.05) is 24.9 Å². The van der Waals surface area contributed by atoms with Gasteiger partial charge in [0.25, 0.3) is 5.69 Å². The van der Waals surface area contributed by atoms with Crippen LogP contribution in [0.5, 0.6) is 0 Å². The van der Waals surface area contributed by atoms with Gasteiger partial charge < -0.3 is 4.90 Å². The van der Waals surface area contributed by atoms with Crippen LogP contribution < -0.4 is 9.21 Å². The Morgan fingerprint density at radius 3 is 2.31 bits per heavy atom. The maximum Gasteiger partial charge on any atom is 0.271 e. The van der Waals surface area contributed by atoms with E-state index in [9.17, 15) is 23.3 Å². The Bertz CT molecular complexity index is 929. The van der Waals surface area contributed by atoms with Crippen LogP contribution in [0.25, 0.3) is 0 Å². The Labute approximate surface area is 151 Å². The standard InChI is InChI=1S/C17H19N3O5S/c1-13-9-10-15(20(22)23)11-16(13)19(26(3,24)25)12-17(21)18(2)14-7-5-4-6-8-14/h4-11H,12H2,1-3H3. The zero-order chi connectivity index (χ0) is 19.5. The zero-order valence-corrected chi connectivity index (χ0v) is 15.4. The lowest BCUT2D eigenvalue weighted by atomic mass is 10.2. The lowest BCUT2D eigenvalue weighted by Gasteiger charge is -2.26. The van der Waals surface area contributed by atoms with Crippen LogP contribution in [0.3, 0.4) is 0 Å². The number of anilines is 2. The molecular formula is C17H19N3O5S. The third-order valence-corrected chi connectivity index (χ3v) is 5.00. The number of likely N-dealkylation sites (N-methyl/N-ethyl adjacent to an activating group) is 1. The van der Waals surface area contributed by atoms with Gasteiger partial charge in [0.2, 0.25) is 15.9 Å². The van der Waals surface area contributed by atoms with E-state index in [-0.39, 0.29) is 11.4 Å². The van der Waals surface area contributed by atoms with E-state index in [1.807, 2.05) is 0 Å². The Morgan fingerprint density at radius 2 is 1.77 bits per heavy atom. The molecule has 8 nitrogen and oxygen atoms in total. The summed E-state index contributed by atoms with van der Waals surface area (Å²) < 4.78 is 25.4. The molecule has 0 N–H and O–H groups in total. The third kappa shape index (κ3) is 4.37. The fraction of sp³-hybridized carbons (Fsp3) is 0.235. The van der Waals surface area contributed by atoms with Crippen molar-refractivity contribution < 1.29 is 18.1 Å². The van der Waals surface area contributed by atoms with E-state index in [0.717, 1.165) is 16.6 Å². The highest BCUT2D eigenvalue weighted by atomic mass is 32.2. The molecule has 2 aromatic rings. The first kappa shape index (κ1) is 19.4. The van der Waals surface area contributed by atoms with E-state index in [2.05, 4.69) is 0 Å². The molecule has 0 radical (unpaired) electrons. The summed E-state index contributed by atoms with van der Waals surface area (Å²) in [6.45, 7) is 1.16. The first-order valence-corrected chi connectivity index (χ1v) is 9.50. The molecule has 138 valence electrons. The summed E-state index contributed by atoms with van der Waals surface area (Å²) in [7, 11) is -2.29. The van der Waals surface area contributed by atoms with Crippen molar-refractivity contribution in [1.29, 1.82) is 0 Å². The molecule has 0 fully saturated rings. The van der Waals surface area contributed by atoms with Gasteiger partial charge in [-0.2, -0.15) is 0 Å². The largest absolute Gasteiger partial charge is 0.314 e. The minimum atomic E-state index is -3.83. The van der Waals surface area contributed by atoms with Crippen molar-refractivity contribution >= 4 is 33.0 Å². The van der Waals surface area contributed by atoms with Gasteiger partial charge in [-0.1, -0.05) is 24.3 Å². The molecule has 0 aliphatic rings. The number of benzene rings is 2. The Morgan fingerprint density at radius 1 is 1.15 bits per heavy atom. The van der Waals surface area contributed by atoms with Crippen molar-refractivity contribution in [3.05, 3.63) is 64.2 Å². The molecule has 26 heavy (non-hydrogen) atoms. The average molecular weight is 377 g/mol. The lowest BCUT2D eigenvalue weighted by molar-refractivity contribution is -0.384. The quantitative estimate of drug-likeness (QED) is 0.568. The minimum absolute atomic E-state index is 0.108. The summed E-state index contributed by atoms with van der Waals surface area (Å²) in [5.41, 5.74) is 0.984. The smallest absolute Gasteiger partial charge is 0.271 e. The Balaban J connectivity index is 2.40. The van der Waals surface area contributed by atoms with E-state index in [0.29, 0.717) is 11.3 Å². The van der Waals surface area contributed by atoms with E-state index >= 15 is 0 Å². The van der Waals surface area contributed by atoms with Gasteiger partial charge in [-0.15, -0.1) is 0 Å². The summed E-state index contributed by atoms with van der Waals surface area (Å²) >= 11 is 0. The van der Waals surface area contributed by atoms with E-state index in [1.165, 1.54) is 17.0 Å². The topological polar surface area (TPSA) is 101 Å². The number of hydrogen-bond donors (Lipinski definition) is 0. The molecular weight excluding hydrogens is 358 g/mol. The van der Waals surface area contributed by atoms with Crippen LogP contribution in [-0.4, -0.2) is 39.1 Å². The number of sulfonamides is 1. The van der Waals surface area contributed by atoms with Crippen LogP contribution in [-0.2, 0) is 14.8 Å². The second-order valence-corrected chi connectivity index (χ2v) is 7.69. The fourth-order valence-corrected chi connectivity index (χ4v) is 3.28. The lowest BCUT2D eigenvalue weighted by Crippen LogP contribution is -2.41. The molecule has 9 heteroatoms. The molecule has 1 amide bonds. The number of rotatable bonds is 6. The SMILES string of the molecule is Cc1ccc([N+](=O)[O-])cc1N(CC(=O)N(C)c1ccccc1)S(C)(=O)=O. The van der Waals surface area contributed by atoms with Crippen LogP contribution in [0.1, 0.15) is 5.56 Å². The van der Waals surface area contributed by atoms with Gasteiger partial charge in [0.05, 0.1) is 16.9 Å². The maximum absolute atomic E-state index is 12.6. The number of nitro benzene ring substituents is 1. The molecule has 0 saturated heterocycles. The number of non-ortho nitro benzene ring substituents is 1. The molecule has 0 spiro atoms. The van der Waals surface area contributed by atoms with Crippen molar-refractivity contribution in [1.82, 2.24) is 0 Å². The maximum atomic E-state index is 12.6. The van der Waals surface area contributed by atoms with Crippen molar-refractivity contribution in [2.24, 2.45) is 0 Å². The van der Waals surface area contributed by atoms with Crippen molar-refractivity contribution in [3.8, 4) is 0 Å². The molecule has 0 saturated carbocycles. The van der Waals surface area contributed by atoms with Crippen LogP contribution >= 0.6 is 0 Å². The molecule has 2 rings (SSSR count). The summed E-state index contributed by atoms with van der Waals surface area (Å²) in [6.07, 6.45) is 0.959. The third-order valence-electron chi connectivity index (χ3n) is 3.87. The number of carbonyl (C=O) groups is 1. The monoisotopic (exact) mass is 377 g/mol. The number of para-hydroxylation sites is 1. The number of hydrogen-bond acceptors (Lipinski definition) is 5. The molecule has 0 aromatic heterocycles. The molecule has 2 aromatic carbocycles. The first-order chi connectivity index (χ1) is 12.1. The van der Waals surface area contributed by atoms with Crippen LogP contribution in [0, 0.1) is 17.0 Å². The summed E-state index contributed by atoms with van der Waals surface area (Å²) in [5.74, 6) is -0.465. The van der Waals surface area contributed by atoms with Crippen LogP contribution in [0.4, 0.5) is 17.1 Å². The fourth-order valence-electron chi connectivity index (χ4n) is 2.39. The number of nitrogens with zero attached hydrogens (tertiary/aromatic N) is 3. The van der Waals surface area contributed by atoms with E-state index in [1.54, 1.807) is 44.3 Å². The Kier molecular flexibility index (Phi) is 5.61. The van der Waals surface area contributed by atoms with Gasteiger partial charge in [0.15, 0.2) is 0 Å². The van der Waals surface area contributed by atoms with Gasteiger partial charge in [-0.25, -0.2) is 8.42 Å². The average Bonchev–Trinajstić information content (AvgIpc) is 2.59. The minimum Gasteiger partial charge on any atom is -0.314 e. The predicted molar refractivity (Wildman–Crippen MR) is 99.9 cm³/mol. The normalized spacial score (nSPS) is 11.0. The van der Waals surface area contributed by atoms with E-state index < -0.39 is 27.4 Å². The van der Waals surface area contributed by atoms with Crippen molar-refractivity contribution in [2.75, 3.05) is 29.1 Å². The zero-order valence-electron chi connectivity index (χ0n) is 14.6. The highest BCUT2D eigenvalue weighted by Crippen LogP contribution is 2.27. The van der Waals surface area contributed by atoms with E-state index in [4.69, 9.17) is 0 Å². The summed E-state index contributed by atoms with van der Waals surface area (Å²) in [4.78, 5) is 24.3. The van der Waals surface area contributed by atoms with Gasteiger partial charge in [0.1, 0.15) is 6.54 Å². The molecule has 0 aliphatic carbocycles. The predicted octanol–water partition coefficient (Wildman–Crippen LogP) is 2.33. The highest BCUT2D eigenvalue weighted by molar-refractivity contribution is 7.92. The van der Waals surface area contributed by atoms with Gasteiger partial charge in [-0.3, -0.25) is 19.2 Å². The van der Waals surface area contributed by atoms with Gasteiger partial charge in [-0.05, 0) is 24.6 Å². The Hall–Kier alpha value is -2.94. The summed E-state index contributed by atoms with van der Waals surface area (Å²) in [6, 6.07) is 12.7. The van der Waals surface area contributed by atoms with Crippen molar-refractivity contribution in [3.63, 3.8) is 0 Å².